The third kappa shape index (κ3) is 3.57. The molecule has 0 aliphatic carbocycles. The van der Waals surface area contributed by atoms with Gasteiger partial charge in [-0.2, -0.15) is 11.3 Å². The summed E-state index contributed by atoms with van der Waals surface area (Å²) in [5.74, 6) is 0.587. The fourth-order valence-electron chi connectivity index (χ4n) is 2.05. The van der Waals surface area contributed by atoms with Crippen LogP contribution in [0.1, 0.15) is 22.8 Å². The second kappa shape index (κ2) is 6.89. The lowest BCUT2D eigenvalue weighted by molar-refractivity contribution is 0.102. The summed E-state index contributed by atoms with van der Waals surface area (Å²) in [5, 5.41) is 16.2. The molecule has 1 N–H and O–H groups in total. The number of nitrogens with zero attached hydrogens (tertiary/aromatic N) is 2. The lowest BCUT2D eigenvalue weighted by Crippen LogP contribution is -2.12. The maximum Gasteiger partial charge on any atom is 0.257 e. The number of carbonyl (C=O) groups excluding carboxylic acids is 1. The van der Waals surface area contributed by atoms with Crippen molar-refractivity contribution in [2.45, 2.75) is 13.8 Å². The van der Waals surface area contributed by atoms with Crippen molar-refractivity contribution in [2.75, 3.05) is 11.9 Å². The largest absolute Gasteiger partial charge is 0.494 e. The number of anilines is 1. The molecule has 3 aromatic rings. The zero-order valence-electron chi connectivity index (χ0n) is 12.7. The summed E-state index contributed by atoms with van der Waals surface area (Å²) in [7, 11) is 0. The highest BCUT2D eigenvalue weighted by Gasteiger charge is 2.12. The third-order valence-corrected chi connectivity index (χ3v) is 4.72. The van der Waals surface area contributed by atoms with Crippen LogP contribution in [0.5, 0.6) is 5.75 Å². The SMILES string of the molecule is CCOc1ccc(C(=O)Nc2nnc(-c3ccsc3)s2)cc1C. The summed E-state index contributed by atoms with van der Waals surface area (Å²) in [4.78, 5) is 12.3. The highest BCUT2D eigenvalue weighted by Crippen LogP contribution is 2.28. The normalized spacial score (nSPS) is 10.5. The Morgan fingerprint density at radius 3 is 2.87 bits per heavy atom. The molecule has 0 unspecified atom stereocenters. The molecule has 2 aromatic heterocycles. The van der Waals surface area contributed by atoms with Gasteiger partial charge in [0.05, 0.1) is 6.61 Å². The topological polar surface area (TPSA) is 64.1 Å². The van der Waals surface area contributed by atoms with E-state index in [0.717, 1.165) is 21.9 Å². The van der Waals surface area contributed by atoms with E-state index < -0.39 is 0 Å². The lowest BCUT2D eigenvalue weighted by Gasteiger charge is -2.08. The molecule has 0 bridgehead atoms. The molecule has 0 aliphatic rings. The van der Waals surface area contributed by atoms with Crippen LogP contribution >= 0.6 is 22.7 Å². The monoisotopic (exact) mass is 345 g/mol. The Bertz CT molecular complexity index is 813. The minimum atomic E-state index is -0.204. The number of thiophene rings is 1. The fraction of sp³-hybridized carbons (Fsp3) is 0.188. The molecule has 0 fully saturated rings. The number of ether oxygens (including phenoxy) is 1. The fourth-order valence-corrected chi connectivity index (χ4v) is 3.50. The minimum Gasteiger partial charge on any atom is -0.494 e. The van der Waals surface area contributed by atoms with Crippen LogP contribution in [-0.4, -0.2) is 22.7 Å². The van der Waals surface area contributed by atoms with Crippen molar-refractivity contribution in [3.05, 3.63) is 46.2 Å². The van der Waals surface area contributed by atoms with E-state index in [4.69, 9.17) is 4.74 Å². The van der Waals surface area contributed by atoms with E-state index in [2.05, 4.69) is 15.5 Å². The molecule has 0 radical (unpaired) electrons. The van der Waals surface area contributed by atoms with Crippen LogP contribution in [0.4, 0.5) is 5.13 Å². The third-order valence-electron chi connectivity index (χ3n) is 3.15. The van der Waals surface area contributed by atoms with E-state index >= 15 is 0 Å². The van der Waals surface area contributed by atoms with Crippen molar-refractivity contribution in [2.24, 2.45) is 0 Å². The Labute approximate surface area is 142 Å². The molecule has 0 spiro atoms. The minimum absolute atomic E-state index is 0.204. The van der Waals surface area contributed by atoms with E-state index in [1.165, 1.54) is 11.3 Å². The molecule has 2 heterocycles. The van der Waals surface area contributed by atoms with Gasteiger partial charge >= 0.3 is 0 Å². The van der Waals surface area contributed by atoms with Crippen LogP contribution in [0, 0.1) is 6.92 Å². The summed E-state index contributed by atoms with van der Waals surface area (Å²) < 4.78 is 5.48. The van der Waals surface area contributed by atoms with Gasteiger partial charge in [-0.25, -0.2) is 0 Å². The highest BCUT2D eigenvalue weighted by atomic mass is 32.1. The quantitative estimate of drug-likeness (QED) is 0.752. The number of hydrogen-bond donors (Lipinski definition) is 1. The van der Waals surface area contributed by atoms with Crippen molar-refractivity contribution >= 4 is 33.7 Å². The first-order valence-corrected chi connectivity index (χ1v) is 8.84. The van der Waals surface area contributed by atoms with Gasteiger partial charge in [0, 0.05) is 16.5 Å². The first kappa shape index (κ1) is 15.6. The van der Waals surface area contributed by atoms with Gasteiger partial charge in [0.25, 0.3) is 5.91 Å². The van der Waals surface area contributed by atoms with E-state index in [1.54, 1.807) is 23.5 Å². The van der Waals surface area contributed by atoms with Crippen LogP contribution in [0.2, 0.25) is 0 Å². The van der Waals surface area contributed by atoms with Gasteiger partial charge in [-0.3, -0.25) is 10.1 Å². The predicted molar refractivity (Wildman–Crippen MR) is 93.5 cm³/mol. The maximum absolute atomic E-state index is 12.3. The van der Waals surface area contributed by atoms with E-state index in [1.807, 2.05) is 36.7 Å². The lowest BCUT2D eigenvalue weighted by atomic mass is 10.1. The molecule has 3 rings (SSSR count). The molecule has 0 atom stereocenters. The molecule has 1 amide bonds. The number of aryl methyl sites for hydroxylation is 1. The Hall–Kier alpha value is -2.25. The van der Waals surface area contributed by atoms with Gasteiger partial charge in [0.2, 0.25) is 5.13 Å². The number of hydrogen-bond acceptors (Lipinski definition) is 6. The van der Waals surface area contributed by atoms with Crippen LogP contribution < -0.4 is 10.1 Å². The average Bonchev–Trinajstić information content (AvgIpc) is 3.20. The van der Waals surface area contributed by atoms with E-state index in [-0.39, 0.29) is 5.91 Å². The summed E-state index contributed by atoms with van der Waals surface area (Å²) >= 11 is 2.96. The number of benzene rings is 1. The standard InChI is InChI=1S/C16H15N3O2S2/c1-3-21-13-5-4-11(8-10(13)2)14(20)17-16-19-18-15(23-16)12-6-7-22-9-12/h4-9H,3H2,1-2H3,(H,17,19,20). The Balaban J connectivity index is 1.73. The van der Waals surface area contributed by atoms with Crippen LogP contribution in [0.15, 0.2) is 35.0 Å². The van der Waals surface area contributed by atoms with Gasteiger partial charge in [0.1, 0.15) is 10.8 Å². The first-order chi connectivity index (χ1) is 11.2. The van der Waals surface area contributed by atoms with Gasteiger partial charge in [-0.05, 0) is 49.1 Å². The number of carbonyl (C=O) groups is 1. The van der Waals surface area contributed by atoms with Crippen molar-refractivity contribution in [1.82, 2.24) is 10.2 Å². The van der Waals surface area contributed by atoms with Crippen LogP contribution in [0.3, 0.4) is 0 Å². The molecule has 0 saturated carbocycles. The summed E-state index contributed by atoms with van der Waals surface area (Å²) in [6.07, 6.45) is 0. The van der Waals surface area contributed by atoms with E-state index in [9.17, 15) is 4.79 Å². The van der Waals surface area contributed by atoms with Crippen molar-refractivity contribution in [3.63, 3.8) is 0 Å². The summed E-state index contributed by atoms with van der Waals surface area (Å²) in [6, 6.07) is 7.34. The smallest absolute Gasteiger partial charge is 0.257 e. The van der Waals surface area contributed by atoms with Crippen LogP contribution in [0.25, 0.3) is 10.6 Å². The summed E-state index contributed by atoms with van der Waals surface area (Å²) in [5.41, 5.74) is 2.51. The number of rotatable bonds is 5. The Kier molecular flexibility index (Phi) is 4.68. The Morgan fingerprint density at radius 1 is 1.30 bits per heavy atom. The molecule has 23 heavy (non-hydrogen) atoms. The van der Waals surface area contributed by atoms with Gasteiger partial charge in [0.15, 0.2) is 0 Å². The Morgan fingerprint density at radius 2 is 2.17 bits per heavy atom. The van der Waals surface area contributed by atoms with Gasteiger partial charge in [-0.1, -0.05) is 11.3 Å². The second-order valence-corrected chi connectivity index (χ2v) is 6.55. The van der Waals surface area contributed by atoms with Gasteiger partial charge < -0.3 is 4.74 Å². The highest BCUT2D eigenvalue weighted by molar-refractivity contribution is 7.19. The second-order valence-electron chi connectivity index (χ2n) is 4.79. The number of amides is 1. The molecular formula is C16H15N3O2S2. The van der Waals surface area contributed by atoms with Crippen molar-refractivity contribution in [3.8, 4) is 16.3 Å². The molecule has 0 aliphatic heterocycles. The maximum atomic E-state index is 12.3. The molecule has 0 saturated heterocycles. The van der Waals surface area contributed by atoms with Gasteiger partial charge in [-0.15, -0.1) is 10.2 Å². The molecule has 7 heteroatoms. The zero-order valence-corrected chi connectivity index (χ0v) is 14.3. The number of nitrogens with one attached hydrogen (secondary N) is 1. The van der Waals surface area contributed by atoms with Crippen molar-refractivity contribution < 1.29 is 9.53 Å². The predicted octanol–water partition coefficient (Wildman–Crippen LogP) is 4.23. The average molecular weight is 345 g/mol. The van der Waals surface area contributed by atoms with Crippen molar-refractivity contribution in [1.29, 1.82) is 0 Å². The summed E-state index contributed by atoms with van der Waals surface area (Å²) in [6.45, 7) is 4.45. The first-order valence-electron chi connectivity index (χ1n) is 7.08. The number of aromatic nitrogens is 2. The van der Waals surface area contributed by atoms with Crippen LogP contribution in [-0.2, 0) is 0 Å². The molecular weight excluding hydrogens is 330 g/mol. The molecule has 5 nitrogen and oxygen atoms in total. The molecule has 1 aromatic carbocycles. The molecule has 118 valence electrons. The zero-order chi connectivity index (χ0) is 16.2. The van der Waals surface area contributed by atoms with E-state index in [0.29, 0.717) is 17.3 Å².